The van der Waals surface area contributed by atoms with Gasteiger partial charge in [0, 0.05) is 50.1 Å². The van der Waals surface area contributed by atoms with E-state index in [1.165, 1.54) is 30.4 Å². The largest absolute Gasteiger partial charge is 0.367 e. The van der Waals surface area contributed by atoms with Crippen LogP contribution < -0.4 is 15.1 Å². The minimum Gasteiger partial charge on any atom is -0.367 e. The summed E-state index contributed by atoms with van der Waals surface area (Å²) in [7, 11) is 0. The molecule has 4 rings (SSSR count). The summed E-state index contributed by atoms with van der Waals surface area (Å²) in [6.45, 7) is 4.57. The molecule has 9 heteroatoms. The van der Waals surface area contributed by atoms with Crippen molar-refractivity contribution in [2.45, 2.75) is 6.92 Å². The highest BCUT2D eigenvalue weighted by Crippen LogP contribution is 2.30. The molecule has 1 N–H and O–H groups in total. The molecule has 150 valence electrons. The van der Waals surface area contributed by atoms with Crippen LogP contribution in [0, 0.1) is 11.6 Å². The van der Waals surface area contributed by atoms with Crippen LogP contribution in [0.4, 0.5) is 25.4 Å². The molecule has 1 fully saturated rings. The van der Waals surface area contributed by atoms with Crippen molar-refractivity contribution in [2.24, 2.45) is 0 Å². The third-order valence-corrected chi connectivity index (χ3v) is 5.57. The fourth-order valence-corrected chi connectivity index (χ4v) is 4.09. The van der Waals surface area contributed by atoms with E-state index >= 15 is 0 Å². The number of anilines is 3. The summed E-state index contributed by atoms with van der Waals surface area (Å²) in [4.78, 5) is 24.3. The van der Waals surface area contributed by atoms with Gasteiger partial charge in [-0.25, -0.2) is 18.7 Å². The summed E-state index contributed by atoms with van der Waals surface area (Å²) in [5.41, 5.74) is 1.81. The van der Waals surface area contributed by atoms with Crippen LogP contribution in [-0.4, -0.2) is 42.1 Å². The zero-order chi connectivity index (χ0) is 20.4. The molecule has 1 amide bonds. The Kier molecular flexibility index (Phi) is 5.39. The van der Waals surface area contributed by atoms with Gasteiger partial charge in [-0.05, 0) is 24.3 Å². The van der Waals surface area contributed by atoms with Crippen molar-refractivity contribution in [3.8, 4) is 11.3 Å². The topological polar surface area (TPSA) is 61.4 Å². The Morgan fingerprint density at radius 1 is 1.10 bits per heavy atom. The first-order valence-electron chi connectivity index (χ1n) is 9.14. The van der Waals surface area contributed by atoms with Crippen LogP contribution >= 0.6 is 11.3 Å². The number of amides is 1. The maximum absolute atomic E-state index is 14.0. The number of halogens is 2. The van der Waals surface area contributed by atoms with Crippen molar-refractivity contribution >= 4 is 33.9 Å². The van der Waals surface area contributed by atoms with E-state index in [-0.39, 0.29) is 5.91 Å². The van der Waals surface area contributed by atoms with E-state index in [0.717, 1.165) is 43.1 Å². The van der Waals surface area contributed by atoms with Crippen molar-refractivity contribution in [1.29, 1.82) is 0 Å². The molecular formula is C20H19F2N5OS. The first kappa shape index (κ1) is 19.3. The van der Waals surface area contributed by atoms with Crippen LogP contribution in [0.25, 0.3) is 11.3 Å². The second kappa shape index (κ2) is 8.12. The van der Waals surface area contributed by atoms with Gasteiger partial charge in [0.1, 0.15) is 17.5 Å². The normalized spacial score (nSPS) is 14.2. The molecule has 0 atom stereocenters. The number of nitrogens with one attached hydrogen (secondary N) is 1. The summed E-state index contributed by atoms with van der Waals surface area (Å²) in [5.74, 6) is -0.829. The second-order valence-corrected chi connectivity index (χ2v) is 7.53. The average molecular weight is 415 g/mol. The van der Waals surface area contributed by atoms with Crippen LogP contribution in [0.3, 0.4) is 0 Å². The summed E-state index contributed by atoms with van der Waals surface area (Å²) in [6.07, 6.45) is 1.75. The number of thiazole rings is 1. The van der Waals surface area contributed by atoms with Gasteiger partial charge in [-0.3, -0.25) is 4.79 Å². The van der Waals surface area contributed by atoms with Crippen LogP contribution in [-0.2, 0) is 4.79 Å². The van der Waals surface area contributed by atoms with Gasteiger partial charge < -0.3 is 15.1 Å². The fourth-order valence-electron chi connectivity index (χ4n) is 3.21. The van der Waals surface area contributed by atoms with E-state index in [4.69, 9.17) is 0 Å². The van der Waals surface area contributed by atoms with E-state index in [1.54, 1.807) is 17.6 Å². The maximum Gasteiger partial charge on any atom is 0.222 e. The van der Waals surface area contributed by atoms with Gasteiger partial charge >= 0.3 is 0 Å². The highest BCUT2D eigenvalue weighted by Gasteiger charge is 2.21. The quantitative estimate of drug-likeness (QED) is 0.703. The predicted octanol–water partition coefficient (Wildman–Crippen LogP) is 3.77. The highest BCUT2D eigenvalue weighted by molar-refractivity contribution is 7.14. The minimum absolute atomic E-state index is 0.151. The summed E-state index contributed by atoms with van der Waals surface area (Å²) in [6, 6.07) is 7.25. The molecule has 0 bridgehead atoms. The molecule has 3 heterocycles. The van der Waals surface area contributed by atoms with Gasteiger partial charge in [0.15, 0.2) is 5.13 Å². The molecule has 2 aromatic heterocycles. The van der Waals surface area contributed by atoms with Gasteiger partial charge in [0.2, 0.25) is 5.91 Å². The lowest BCUT2D eigenvalue weighted by atomic mass is 10.1. The number of carbonyl (C=O) groups excluding carboxylic acids is 1. The Bertz CT molecular complexity index is 1020. The molecule has 0 saturated carbocycles. The van der Waals surface area contributed by atoms with Crippen molar-refractivity contribution in [2.75, 3.05) is 41.3 Å². The Labute approximate surface area is 170 Å². The Morgan fingerprint density at radius 2 is 1.86 bits per heavy atom. The average Bonchev–Trinajstić information content (AvgIpc) is 3.18. The molecule has 3 aromatic rings. The van der Waals surface area contributed by atoms with Crippen molar-refractivity contribution in [3.05, 3.63) is 53.5 Å². The molecule has 1 aromatic carbocycles. The SMILES string of the molecule is CC(=O)Nc1ccc(N2CCN(c3nc(-c4ccc(F)cc4F)cs3)CC2)cn1. The number of piperazine rings is 1. The van der Waals surface area contributed by atoms with E-state index in [0.29, 0.717) is 17.1 Å². The maximum atomic E-state index is 14.0. The lowest BCUT2D eigenvalue weighted by Crippen LogP contribution is -2.46. The molecule has 1 saturated heterocycles. The van der Waals surface area contributed by atoms with Crippen molar-refractivity contribution in [3.63, 3.8) is 0 Å². The summed E-state index contributed by atoms with van der Waals surface area (Å²) in [5, 5.41) is 5.27. The van der Waals surface area contributed by atoms with Gasteiger partial charge in [-0.2, -0.15) is 0 Å². The Balaban J connectivity index is 1.40. The number of nitrogens with zero attached hydrogens (tertiary/aromatic N) is 4. The molecule has 1 aliphatic rings. The first-order chi connectivity index (χ1) is 14.0. The van der Waals surface area contributed by atoms with Crippen molar-refractivity contribution in [1.82, 2.24) is 9.97 Å². The smallest absolute Gasteiger partial charge is 0.222 e. The lowest BCUT2D eigenvalue weighted by molar-refractivity contribution is -0.114. The Morgan fingerprint density at radius 3 is 2.52 bits per heavy atom. The zero-order valence-electron chi connectivity index (χ0n) is 15.7. The van der Waals surface area contributed by atoms with E-state index in [2.05, 4.69) is 25.1 Å². The monoisotopic (exact) mass is 415 g/mol. The molecule has 0 spiro atoms. The van der Waals surface area contributed by atoms with Crippen LogP contribution in [0.2, 0.25) is 0 Å². The van der Waals surface area contributed by atoms with Gasteiger partial charge in [-0.15, -0.1) is 11.3 Å². The first-order valence-corrected chi connectivity index (χ1v) is 10.0. The van der Waals surface area contributed by atoms with E-state index < -0.39 is 11.6 Å². The third-order valence-electron chi connectivity index (χ3n) is 4.67. The highest BCUT2D eigenvalue weighted by atomic mass is 32.1. The van der Waals surface area contributed by atoms with Crippen molar-refractivity contribution < 1.29 is 13.6 Å². The number of carbonyl (C=O) groups is 1. The number of hydrogen-bond donors (Lipinski definition) is 1. The van der Waals surface area contributed by atoms with E-state index in [9.17, 15) is 13.6 Å². The van der Waals surface area contributed by atoms with Gasteiger partial charge in [0.25, 0.3) is 0 Å². The summed E-state index contributed by atoms with van der Waals surface area (Å²) < 4.78 is 27.1. The Hall–Kier alpha value is -3.07. The van der Waals surface area contributed by atoms with Crippen LogP contribution in [0.15, 0.2) is 41.9 Å². The molecule has 1 aliphatic heterocycles. The fraction of sp³-hybridized carbons (Fsp3) is 0.250. The molecule has 0 radical (unpaired) electrons. The molecule has 0 unspecified atom stereocenters. The standard InChI is InChI=1S/C20H19F2N5OS/c1-13(28)24-19-5-3-15(11-23-19)26-6-8-27(9-7-26)20-25-18(12-29-20)16-4-2-14(21)10-17(16)22/h2-5,10-12H,6-9H2,1H3,(H,23,24,28). The summed E-state index contributed by atoms with van der Waals surface area (Å²) >= 11 is 1.45. The molecular weight excluding hydrogens is 396 g/mol. The predicted molar refractivity (Wildman–Crippen MR) is 110 cm³/mol. The number of aromatic nitrogens is 2. The van der Waals surface area contributed by atoms with Crippen LogP contribution in [0.5, 0.6) is 0 Å². The number of pyridine rings is 1. The van der Waals surface area contributed by atoms with Crippen LogP contribution in [0.1, 0.15) is 6.92 Å². The van der Waals surface area contributed by atoms with E-state index in [1.807, 2.05) is 6.07 Å². The minimum atomic E-state index is -0.609. The van der Waals surface area contributed by atoms with Gasteiger partial charge in [0.05, 0.1) is 17.6 Å². The number of hydrogen-bond acceptors (Lipinski definition) is 6. The number of rotatable bonds is 4. The van der Waals surface area contributed by atoms with Gasteiger partial charge in [-0.1, -0.05) is 0 Å². The third kappa shape index (κ3) is 4.34. The molecule has 0 aliphatic carbocycles. The second-order valence-electron chi connectivity index (χ2n) is 6.70. The zero-order valence-corrected chi connectivity index (χ0v) is 16.5. The molecule has 29 heavy (non-hydrogen) atoms. The lowest BCUT2D eigenvalue weighted by Gasteiger charge is -2.35. The number of benzene rings is 1. The molecule has 6 nitrogen and oxygen atoms in total.